The number of halogens is 6. The van der Waals surface area contributed by atoms with Gasteiger partial charge in [-0.1, -0.05) is 12.1 Å². The Morgan fingerprint density at radius 1 is 1.14 bits per heavy atom. The highest BCUT2D eigenvalue weighted by molar-refractivity contribution is 5.85. The molecule has 122 valence electrons. The summed E-state index contributed by atoms with van der Waals surface area (Å²) in [6.07, 6.45) is -5.21. The van der Waals surface area contributed by atoms with E-state index < -0.39 is 24.5 Å². The summed E-state index contributed by atoms with van der Waals surface area (Å²) in [5, 5.41) is 3.10. The zero-order valence-corrected chi connectivity index (χ0v) is 12.8. The van der Waals surface area contributed by atoms with Crippen LogP contribution in [-0.2, 0) is 0 Å². The molecule has 8 heteroatoms. The topological polar surface area (TPSA) is 15.3 Å². The van der Waals surface area contributed by atoms with E-state index in [4.69, 9.17) is 0 Å². The molecular formula is C13H18Cl2F4N2. The third-order valence-corrected chi connectivity index (χ3v) is 3.25. The number of nitrogens with zero attached hydrogens (tertiary/aromatic N) is 1. The number of benzene rings is 1. The average Bonchev–Trinajstić information content (AvgIpc) is 2.36. The van der Waals surface area contributed by atoms with E-state index in [1.54, 1.807) is 11.0 Å². The molecule has 0 aliphatic carbocycles. The quantitative estimate of drug-likeness (QED) is 0.840. The second kappa shape index (κ2) is 8.78. The Morgan fingerprint density at radius 2 is 1.76 bits per heavy atom. The third-order valence-electron chi connectivity index (χ3n) is 3.25. The van der Waals surface area contributed by atoms with Gasteiger partial charge in [-0.25, -0.2) is 4.39 Å². The van der Waals surface area contributed by atoms with Gasteiger partial charge in [0.05, 0.1) is 6.42 Å². The van der Waals surface area contributed by atoms with Gasteiger partial charge in [0.2, 0.25) is 0 Å². The van der Waals surface area contributed by atoms with E-state index >= 15 is 0 Å². The molecule has 1 fully saturated rings. The molecule has 0 radical (unpaired) electrons. The van der Waals surface area contributed by atoms with E-state index in [1.807, 2.05) is 0 Å². The molecule has 0 unspecified atom stereocenters. The third kappa shape index (κ3) is 6.38. The zero-order valence-electron chi connectivity index (χ0n) is 11.2. The molecule has 1 atom stereocenters. The van der Waals surface area contributed by atoms with Crippen molar-refractivity contribution in [3.05, 3.63) is 35.6 Å². The monoisotopic (exact) mass is 348 g/mol. The van der Waals surface area contributed by atoms with Gasteiger partial charge in [0.15, 0.2) is 0 Å². The minimum Gasteiger partial charge on any atom is -0.314 e. The van der Waals surface area contributed by atoms with Crippen LogP contribution in [0.5, 0.6) is 0 Å². The number of hydrogen-bond donors (Lipinski definition) is 1. The molecule has 1 heterocycles. The molecule has 1 aromatic rings. The van der Waals surface area contributed by atoms with Gasteiger partial charge >= 0.3 is 6.18 Å². The van der Waals surface area contributed by atoms with Crippen LogP contribution in [0.4, 0.5) is 17.6 Å². The van der Waals surface area contributed by atoms with Crippen LogP contribution in [0.2, 0.25) is 0 Å². The average molecular weight is 349 g/mol. The minimum absolute atomic E-state index is 0. The zero-order chi connectivity index (χ0) is 13.9. The van der Waals surface area contributed by atoms with Gasteiger partial charge in [0.1, 0.15) is 5.82 Å². The van der Waals surface area contributed by atoms with Crippen LogP contribution in [0.3, 0.4) is 0 Å². The van der Waals surface area contributed by atoms with Crippen LogP contribution in [0.25, 0.3) is 0 Å². The molecular weight excluding hydrogens is 331 g/mol. The largest absolute Gasteiger partial charge is 0.390 e. The Hall–Kier alpha value is -0.560. The van der Waals surface area contributed by atoms with Crippen molar-refractivity contribution < 1.29 is 17.6 Å². The van der Waals surface area contributed by atoms with Gasteiger partial charge in [-0.05, 0) is 17.7 Å². The first-order valence-electron chi connectivity index (χ1n) is 6.23. The lowest BCUT2D eigenvalue weighted by Crippen LogP contribution is -2.46. The molecule has 1 saturated heterocycles. The van der Waals surface area contributed by atoms with Gasteiger partial charge < -0.3 is 5.32 Å². The summed E-state index contributed by atoms with van der Waals surface area (Å²) in [7, 11) is 0. The van der Waals surface area contributed by atoms with Crippen molar-refractivity contribution in [1.29, 1.82) is 0 Å². The van der Waals surface area contributed by atoms with Gasteiger partial charge in [-0.15, -0.1) is 24.8 Å². The number of alkyl halides is 3. The van der Waals surface area contributed by atoms with Crippen molar-refractivity contribution in [3.8, 4) is 0 Å². The highest BCUT2D eigenvalue weighted by Gasteiger charge is 2.35. The fraction of sp³-hybridized carbons (Fsp3) is 0.538. The van der Waals surface area contributed by atoms with Crippen LogP contribution in [0.15, 0.2) is 24.3 Å². The van der Waals surface area contributed by atoms with E-state index in [-0.39, 0.29) is 24.8 Å². The van der Waals surface area contributed by atoms with Crippen LogP contribution >= 0.6 is 24.8 Å². The highest BCUT2D eigenvalue weighted by atomic mass is 35.5. The van der Waals surface area contributed by atoms with E-state index in [2.05, 4.69) is 5.32 Å². The summed E-state index contributed by atoms with van der Waals surface area (Å²) in [6, 6.07) is 4.64. The lowest BCUT2D eigenvalue weighted by atomic mass is 10.0. The second-order valence-electron chi connectivity index (χ2n) is 4.68. The molecule has 21 heavy (non-hydrogen) atoms. The molecule has 0 aromatic heterocycles. The normalized spacial score (nSPS) is 17.5. The van der Waals surface area contributed by atoms with Crippen molar-refractivity contribution >= 4 is 24.8 Å². The summed E-state index contributed by atoms with van der Waals surface area (Å²) in [4.78, 5) is 1.76. The van der Waals surface area contributed by atoms with E-state index in [9.17, 15) is 17.6 Å². The Kier molecular flexibility index (Phi) is 8.54. The SMILES string of the molecule is Cl.Cl.Fc1cccc([C@H](CC(F)(F)F)N2CCNCC2)c1. The molecule has 1 N–H and O–H groups in total. The predicted octanol–water partition coefficient (Wildman–Crippen LogP) is 3.57. The molecule has 2 rings (SSSR count). The molecule has 0 amide bonds. The fourth-order valence-electron chi connectivity index (χ4n) is 2.38. The van der Waals surface area contributed by atoms with Crippen molar-refractivity contribution in [1.82, 2.24) is 10.2 Å². The molecule has 2 nitrogen and oxygen atoms in total. The van der Waals surface area contributed by atoms with E-state index in [0.29, 0.717) is 31.7 Å². The van der Waals surface area contributed by atoms with Crippen LogP contribution in [-0.4, -0.2) is 37.3 Å². The first-order valence-corrected chi connectivity index (χ1v) is 6.23. The lowest BCUT2D eigenvalue weighted by Gasteiger charge is -2.35. The Morgan fingerprint density at radius 3 is 2.29 bits per heavy atom. The number of rotatable bonds is 3. The molecule has 1 aliphatic heterocycles. The molecule has 0 saturated carbocycles. The summed E-state index contributed by atoms with van der Waals surface area (Å²) in [5.41, 5.74) is 0.388. The number of hydrogen-bond acceptors (Lipinski definition) is 2. The number of nitrogens with one attached hydrogen (secondary N) is 1. The molecule has 1 aromatic carbocycles. The van der Waals surface area contributed by atoms with Gasteiger partial charge in [-0.3, -0.25) is 4.90 Å². The molecule has 0 bridgehead atoms. The standard InChI is InChI=1S/C13H16F4N2.2ClH/c14-11-3-1-2-10(8-11)12(9-13(15,16)17)19-6-4-18-5-7-19;;/h1-3,8,12,18H,4-7,9H2;2*1H/t12-;;/m0../s1. The summed E-state index contributed by atoms with van der Waals surface area (Å²) < 4.78 is 51.3. The smallest absolute Gasteiger partial charge is 0.314 e. The van der Waals surface area contributed by atoms with Crippen LogP contribution in [0.1, 0.15) is 18.0 Å². The Bertz CT molecular complexity index is 423. The van der Waals surface area contributed by atoms with Crippen molar-refractivity contribution in [2.24, 2.45) is 0 Å². The summed E-state index contributed by atoms with van der Waals surface area (Å²) >= 11 is 0. The van der Waals surface area contributed by atoms with Crippen LogP contribution < -0.4 is 5.32 Å². The van der Waals surface area contributed by atoms with Crippen molar-refractivity contribution in [2.75, 3.05) is 26.2 Å². The molecule has 1 aliphatic rings. The fourth-order valence-corrected chi connectivity index (χ4v) is 2.38. The molecule has 0 spiro atoms. The summed E-state index contributed by atoms with van der Waals surface area (Å²) in [6.45, 7) is 2.39. The van der Waals surface area contributed by atoms with Crippen LogP contribution in [0, 0.1) is 5.82 Å². The van der Waals surface area contributed by atoms with Gasteiger partial charge in [-0.2, -0.15) is 13.2 Å². The van der Waals surface area contributed by atoms with Gasteiger partial charge in [0, 0.05) is 32.2 Å². The maximum Gasteiger partial charge on any atom is 0.390 e. The van der Waals surface area contributed by atoms with E-state index in [1.165, 1.54) is 18.2 Å². The van der Waals surface area contributed by atoms with Crippen molar-refractivity contribution in [2.45, 2.75) is 18.6 Å². The predicted molar refractivity (Wildman–Crippen MR) is 78.8 cm³/mol. The summed E-state index contributed by atoms with van der Waals surface area (Å²) in [5.74, 6) is -0.500. The second-order valence-corrected chi connectivity index (χ2v) is 4.68. The Labute approximate surface area is 133 Å². The first-order chi connectivity index (χ1) is 8.96. The van der Waals surface area contributed by atoms with Gasteiger partial charge in [0.25, 0.3) is 0 Å². The van der Waals surface area contributed by atoms with Crippen molar-refractivity contribution in [3.63, 3.8) is 0 Å². The maximum absolute atomic E-state index is 13.2. The maximum atomic E-state index is 13.2. The lowest BCUT2D eigenvalue weighted by molar-refractivity contribution is -0.148. The van der Waals surface area contributed by atoms with E-state index in [0.717, 1.165) is 0 Å². The Balaban J connectivity index is 0.00000200. The minimum atomic E-state index is -4.26. The highest BCUT2D eigenvalue weighted by Crippen LogP contribution is 2.34. The number of piperazine rings is 1. The first kappa shape index (κ1) is 20.4.